The molecule has 15 heteroatoms. The summed E-state index contributed by atoms with van der Waals surface area (Å²) in [5, 5.41) is 9.56. The summed E-state index contributed by atoms with van der Waals surface area (Å²) in [6, 6.07) is 11.8. The minimum Gasteiger partial charge on any atom is -0.370 e. The Kier molecular flexibility index (Phi) is 10.2. The van der Waals surface area contributed by atoms with Crippen molar-refractivity contribution in [2.24, 2.45) is 13.0 Å². The van der Waals surface area contributed by atoms with E-state index in [1.807, 2.05) is 18.2 Å². The Labute approximate surface area is 304 Å². The summed E-state index contributed by atoms with van der Waals surface area (Å²) in [7, 11) is 3.91. The second-order valence-corrected chi connectivity index (χ2v) is 14.8. The maximum Gasteiger partial charge on any atom is 0.329 e. The summed E-state index contributed by atoms with van der Waals surface area (Å²) in [6.45, 7) is 2.58. The number of fused-ring (bicyclic) bond motifs is 1. The minimum absolute atomic E-state index is 0.0125. The highest BCUT2D eigenvalue weighted by atomic mass is 35.5. The third-order valence-corrected chi connectivity index (χ3v) is 11.3. The Bertz CT molecular complexity index is 2040. The molecule has 3 fully saturated rings. The van der Waals surface area contributed by atoms with E-state index in [2.05, 4.69) is 32.6 Å². The van der Waals surface area contributed by atoms with Gasteiger partial charge in [-0.05, 0) is 88.2 Å². The van der Waals surface area contributed by atoms with Crippen LogP contribution >= 0.6 is 11.6 Å². The number of para-hydroxylation sites is 1. The molecule has 2 N–H and O–H groups in total. The van der Waals surface area contributed by atoms with Crippen molar-refractivity contribution in [2.45, 2.75) is 75.9 Å². The first-order valence-corrected chi connectivity index (χ1v) is 18.3. The molecule has 2 aliphatic heterocycles. The van der Waals surface area contributed by atoms with Crippen LogP contribution in [0.1, 0.15) is 85.9 Å². The van der Waals surface area contributed by atoms with Gasteiger partial charge in [0.05, 0.1) is 28.5 Å². The lowest BCUT2D eigenvalue weighted by Gasteiger charge is -2.40. The maximum atomic E-state index is 13.9. The summed E-state index contributed by atoms with van der Waals surface area (Å²) in [5.74, 6) is -0.806. The van der Waals surface area contributed by atoms with Gasteiger partial charge in [-0.2, -0.15) is 5.10 Å². The number of carbonyl (C=O) groups is 3. The molecule has 0 bridgehead atoms. The molecule has 0 spiro atoms. The molecular formula is C37H43ClF2N8O4. The summed E-state index contributed by atoms with van der Waals surface area (Å²) < 4.78 is 32.6. The van der Waals surface area contributed by atoms with Gasteiger partial charge in [0.25, 0.3) is 12.3 Å². The highest BCUT2D eigenvalue weighted by molar-refractivity contribution is 6.31. The number of imidazole rings is 1. The number of aryl methyl sites for hydroxylation is 1. The Hall–Kier alpha value is -4.56. The van der Waals surface area contributed by atoms with Gasteiger partial charge in [-0.1, -0.05) is 23.7 Å². The Morgan fingerprint density at radius 1 is 1.04 bits per heavy atom. The lowest BCUT2D eigenvalue weighted by atomic mass is 9.85. The Balaban J connectivity index is 0.943. The number of imide groups is 1. The minimum atomic E-state index is -2.83. The number of nitrogens with zero attached hydrogens (tertiary/aromatic N) is 6. The molecule has 1 unspecified atom stereocenters. The van der Waals surface area contributed by atoms with Gasteiger partial charge in [-0.25, -0.2) is 13.6 Å². The summed E-state index contributed by atoms with van der Waals surface area (Å²) in [4.78, 5) is 55.3. The molecule has 1 aliphatic carbocycles. The predicted molar refractivity (Wildman–Crippen MR) is 194 cm³/mol. The third kappa shape index (κ3) is 7.10. The molecule has 3 amide bonds. The fourth-order valence-electron chi connectivity index (χ4n) is 8.27. The van der Waals surface area contributed by atoms with Gasteiger partial charge in [0.1, 0.15) is 6.04 Å². The van der Waals surface area contributed by atoms with Crippen LogP contribution in [0.25, 0.3) is 11.0 Å². The van der Waals surface area contributed by atoms with Crippen LogP contribution in [0.15, 0.2) is 53.5 Å². The number of benzene rings is 2. The number of carbonyl (C=O) groups excluding carboxylic acids is 3. The number of hydrogen-bond acceptors (Lipinski definition) is 7. The first-order valence-electron chi connectivity index (χ1n) is 17.9. The molecule has 7 rings (SSSR count). The van der Waals surface area contributed by atoms with Gasteiger partial charge in [-0.15, -0.1) is 0 Å². The van der Waals surface area contributed by atoms with Crippen LogP contribution in [0, 0.1) is 5.92 Å². The number of amides is 3. The number of anilines is 2. The van der Waals surface area contributed by atoms with E-state index >= 15 is 0 Å². The number of rotatable bonds is 9. The number of nitrogens with one attached hydrogen (secondary N) is 2. The monoisotopic (exact) mass is 736 g/mol. The van der Waals surface area contributed by atoms with E-state index in [1.165, 1.54) is 16.8 Å². The fraction of sp³-hybridized carbons (Fsp3) is 0.486. The predicted octanol–water partition coefficient (Wildman–Crippen LogP) is 5.69. The molecule has 0 radical (unpaired) electrons. The number of alkyl halides is 2. The summed E-state index contributed by atoms with van der Waals surface area (Å²) in [6.07, 6.45) is 4.61. The average molecular weight is 737 g/mol. The van der Waals surface area contributed by atoms with Crippen LogP contribution in [-0.2, 0) is 16.6 Å². The molecule has 12 nitrogen and oxygen atoms in total. The highest BCUT2D eigenvalue weighted by Crippen LogP contribution is 2.36. The van der Waals surface area contributed by atoms with Gasteiger partial charge in [-0.3, -0.25) is 33.5 Å². The lowest BCUT2D eigenvalue weighted by molar-refractivity contribution is -0.135. The van der Waals surface area contributed by atoms with Crippen LogP contribution < -0.4 is 21.2 Å². The second-order valence-electron chi connectivity index (χ2n) is 14.3. The normalized spacial score (nSPS) is 21.7. The second kappa shape index (κ2) is 14.8. The van der Waals surface area contributed by atoms with Crippen molar-refractivity contribution in [2.75, 3.05) is 36.9 Å². The SMILES string of the molecule is CN(CC1CCC(n2cc(NC(=O)c3cccc(Cl)c3)c(C(F)F)n2)CC1)C1CCN(c2cccc3c2n(C)c(=O)n3C2CCC(=O)NC2=O)CC1. The standard InChI is InChI=1S/C37H43ClF2N8O4/c1-44(20-22-9-11-26(12-10-22)47-21-27(32(43-47)34(39)40)41-35(50)23-5-3-6-24(38)19-23)25-15-17-46(18-16-25)28-7-4-8-29-33(28)45(2)37(52)48(29)30-13-14-31(49)42-36(30)51/h3-8,19,21-22,25-26,30,34H,9-18,20H2,1-2H3,(H,41,50)(H,42,49,51). The average Bonchev–Trinajstić information content (AvgIpc) is 3.67. The maximum absolute atomic E-state index is 13.9. The van der Waals surface area contributed by atoms with E-state index < -0.39 is 30.0 Å². The van der Waals surface area contributed by atoms with Crippen molar-refractivity contribution in [3.63, 3.8) is 0 Å². The van der Waals surface area contributed by atoms with Crippen molar-refractivity contribution >= 4 is 51.7 Å². The molecular weight excluding hydrogens is 694 g/mol. The summed E-state index contributed by atoms with van der Waals surface area (Å²) >= 11 is 6.00. The Morgan fingerprint density at radius 3 is 2.46 bits per heavy atom. The van der Waals surface area contributed by atoms with Gasteiger partial charge in [0.15, 0.2) is 5.69 Å². The van der Waals surface area contributed by atoms with Crippen LogP contribution in [0.2, 0.25) is 5.02 Å². The van der Waals surface area contributed by atoms with E-state index in [0.29, 0.717) is 28.9 Å². The quantitative estimate of drug-likeness (QED) is 0.212. The first-order chi connectivity index (χ1) is 25.0. The zero-order valence-electron chi connectivity index (χ0n) is 29.2. The molecule has 2 saturated heterocycles. The number of halogens is 3. The third-order valence-electron chi connectivity index (χ3n) is 11.1. The van der Waals surface area contributed by atoms with Crippen molar-refractivity contribution in [3.8, 4) is 0 Å². The van der Waals surface area contributed by atoms with Crippen molar-refractivity contribution in [1.29, 1.82) is 0 Å². The van der Waals surface area contributed by atoms with Crippen molar-refractivity contribution in [1.82, 2.24) is 29.1 Å². The van der Waals surface area contributed by atoms with E-state index in [9.17, 15) is 28.0 Å². The largest absolute Gasteiger partial charge is 0.370 e. The molecule has 1 atom stereocenters. The van der Waals surface area contributed by atoms with E-state index in [4.69, 9.17) is 11.6 Å². The molecule has 4 heterocycles. The van der Waals surface area contributed by atoms with Crippen LogP contribution in [0.3, 0.4) is 0 Å². The van der Waals surface area contributed by atoms with Crippen LogP contribution in [0.4, 0.5) is 20.2 Å². The molecule has 1 saturated carbocycles. The summed E-state index contributed by atoms with van der Waals surface area (Å²) in [5.41, 5.74) is 2.02. The van der Waals surface area contributed by atoms with Gasteiger partial charge in [0.2, 0.25) is 11.8 Å². The first kappa shape index (κ1) is 35.8. The number of piperidine rings is 2. The smallest absolute Gasteiger partial charge is 0.329 e. The van der Waals surface area contributed by atoms with Crippen molar-refractivity contribution in [3.05, 3.63) is 75.4 Å². The lowest BCUT2D eigenvalue weighted by Crippen LogP contribution is -2.45. The molecule has 2 aromatic carbocycles. The topological polar surface area (TPSA) is 126 Å². The zero-order chi connectivity index (χ0) is 36.7. The van der Waals surface area contributed by atoms with E-state index in [0.717, 1.165) is 69.4 Å². The van der Waals surface area contributed by atoms with Gasteiger partial charge >= 0.3 is 5.69 Å². The molecule has 2 aromatic heterocycles. The van der Waals surface area contributed by atoms with Crippen LogP contribution in [0.5, 0.6) is 0 Å². The zero-order valence-corrected chi connectivity index (χ0v) is 30.0. The van der Waals surface area contributed by atoms with Gasteiger partial charge in [0, 0.05) is 55.9 Å². The van der Waals surface area contributed by atoms with E-state index in [-0.39, 0.29) is 35.3 Å². The van der Waals surface area contributed by atoms with Crippen LogP contribution in [-0.4, -0.2) is 74.3 Å². The fourth-order valence-corrected chi connectivity index (χ4v) is 8.46. The molecule has 276 valence electrons. The Morgan fingerprint density at radius 2 is 1.77 bits per heavy atom. The molecule has 52 heavy (non-hydrogen) atoms. The molecule has 3 aliphatic rings. The van der Waals surface area contributed by atoms with Gasteiger partial charge < -0.3 is 15.1 Å². The molecule has 4 aromatic rings. The highest BCUT2D eigenvalue weighted by Gasteiger charge is 2.33. The number of hydrogen-bond donors (Lipinski definition) is 2. The van der Waals surface area contributed by atoms with E-state index in [1.54, 1.807) is 34.5 Å². The van der Waals surface area contributed by atoms with Crippen molar-refractivity contribution < 1.29 is 23.2 Å². The number of aromatic nitrogens is 4.